The van der Waals surface area contributed by atoms with Gasteiger partial charge in [-0.05, 0) is 6.07 Å². The topological polar surface area (TPSA) is 85.6 Å². The molecule has 2 aromatic heterocycles. The molecule has 8 heteroatoms. The number of nitrogens with zero attached hydrogens (tertiary/aromatic N) is 5. The minimum atomic E-state index is -0.206. The van der Waals surface area contributed by atoms with Crippen molar-refractivity contribution in [3.05, 3.63) is 29.8 Å². The molecule has 0 aliphatic heterocycles. The predicted molar refractivity (Wildman–Crippen MR) is 60.3 cm³/mol. The lowest BCUT2D eigenvalue weighted by Gasteiger charge is -2.03. The largest absolute Gasteiger partial charge is 0.294 e. The standard InChI is InChI=1S/C9H9ClN6O/c10-7-1-3-11-9(13-7)14-8(17)2-5-16-6-4-12-15-16/h1,3-4,6H,2,5H2,(H,11,13,14,17). The van der Waals surface area contributed by atoms with Crippen molar-refractivity contribution in [2.45, 2.75) is 13.0 Å². The maximum Gasteiger partial charge on any atom is 0.230 e. The van der Waals surface area contributed by atoms with Crippen LogP contribution in [0.5, 0.6) is 0 Å². The highest BCUT2D eigenvalue weighted by atomic mass is 35.5. The van der Waals surface area contributed by atoms with Gasteiger partial charge in [0, 0.05) is 18.8 Å². The Hall–Kier alpha value is -2.02. The summed E-state index contributed by atoms with van der Waals surface area (Å²) in [5.41, 5.74) is 0. The molecule has 0 spiro atoms. The molecular weight excluding hydrogens is 244 g/mol. The van der Waals surface area contributed by atoms with Crippen LogP contribution in [0.15, 0.2) is 24.7 Å². The molecule has 2 rings (SSSR count). The van der Waals surface area contributed by atoms with Crippen LogP contribution in [0.2, 0.25) is 5.15 Å². The third-order valence-corrected chi connectivity index (χ3v) is 2.12. The number of rotatable bonds is 4. The number of hydrogen-bond acceptors (Lipinski definition) is 5. The molecule has 7 nitrogen and oxygen atoms in total. The van der Waals surface area contributed by atoms with Gasteiger partial charge in [0.05, 0.1) is 12.7 Å². The van der Waals surface area contributed by atoms with E-state index in [1.165, 1.54) is 12.3 Å². The molecule has 1 N–H and O–H groups in total. The molecule has 0 aliphatic rings. The van der Waals surface area contributed by atoms with E-state index >= 15 is 0 Å². The summed E-state index contributed by atoms with van der Waals surface area (Å²) in [7, 11) is 0. The van der Waals surface area contributed by atoms with E-state index in [2.05, 4.69) is 25.6 Å². The maximum absolute atomic E-state index is 11.5. The second-order valence-electron chi connectivity index (χ2n) is 3.17. The highest BCUT2D eigenvalue weighted by Gasteiger charge is 2.05. The molecule has 88 valence electrons. The number of aromatic nitrogens is 5. The Bertz CT molecular complexity index is 500. The number of anilines is 1. The Kier molecular flexibility index (Phi) is 3.61. The first-order valence-corrected chi connectivity index (χ1v) is 5.24. The highest BCUT2D eigenvalue weighted by Crippen LogP contribution is 2.05. The van der Waals surface area contributed by atoms with Crippen LogP contribution in [0.1, 0.15) is 6.42 Å². The van der Waals surface area contributed by atoms with E-state index in [-0.39, 0.29) is 23.4 Å². The molecule has 0 saturated carbocycles. The normalized spacial score (nSPS) is 10.2. The van der Waals surface area contributed by atoms with Crippen molar-refractivity contribution in [1.82, 2.24) is 25.0 Å². The Morgan fingerprint density at radius 2 is 2.35 bits per heavy atom. The van der Waals surface area contributed by atoms with Crippen LogP contribution in [0.3, 0.4) is 0 Å². The van der Waals surface area contributed by atoms with Gasteiger partial charge in [-0.15, -0.1) is 5.10 Å². The second kappa shape index (κ2) is 5.35. The summed E-state index contributed by atoms with van der Waals surface area (Å²) in [5, 5.41) is 10.2. The lowest BCUT2D eigenvalue weighted by molar-refractivity contribution is -0.116. The molecule has 0 bridgehead atoms. The summed E-state index contributed by atoms with van der Waals surface area (Å²) < 4.78 is 1.57. The predicted octanol–water partition coefficient (Wildman–Crippen LogP) is 0.750. The Balaban J connectivity index is 1.85. The van der Waals surface area contributed by atoms with Gasteiger partial charge >= 0.3 is 0 Å². The number of hydrogen-bond donors (Lipinski definition) is 1. The molecule has 0 aromatic carbocycles. The van der Waals surface area contributed by atoms with Crippen LogP contribution < -0.4 is 5.32 Å². The van der Waals surface area contributed by atoms with E-state index in [9.17, 15) is 4.79 Å². The van der Waals surface area contributed by atoms with Crippen molar-refractivity contribution in [3.63, 3.8) is 0 Å². The zero-order valence-electron chi connectivity index (χ0n) is 8.75. The van der Waals surface area contributed by atoms with Gasteiger partial charge in [0.2, 0.25) is 11.9 Å². The van der Waals surface area contributed by atoms with Crippen LogP contribution in [-0.2, 0) is 11.3 Å². The monoisotopic (exact) mass is 252 g/mol. The van der Waals surface area contributed by atoms with Crippen LogP contribution in [0.25, 0.3) is 0 Å². The number of carbonyl (C=O) groups is 1. The fourth-order valence-electron chi connectivity index (χ4n) is 1.15. The third-order valence-electron chi connectivity index (χ3n) is 1.91. The number of amides is 1. The van der Waals surface area contributed by atoms with Gasteiger partial charge in [-0.25, -0.2) is 9.97 Å². The van der Waals surface area contributed by atoms with Crippen molar-refractivity contribution in [1.29, 1.82) is 0 Å². The number of nitrogens with one attached hydrogen (secondary N) is 1. The van der Waals surface area contributed by atoms with Gasteiger partial charge in [-0.3, -0.25) is 14.8 Å². The first-order chi connectivity index (χ1) is 8.24. The summed E-state index contributed by atoms with van der Waals surface area (Å²) in [6.45, 7) is 0.451. The second-order valence-corrected chi connectivity index (χ2v) is 3.55. The average Bonchev–Trinajstić information content (AvgIpc) is 2.79. The minimum Gasteiger partial charge on any atom is -0.294 e. The van der Waals surface area contributed by atoms with Crippen molar-refractivity contribution in [3.8, 4) is 0 Å². The lowest BCUT2D eigenvalue weighted by Crippen LogP contribution is -2.16. The van der Waals surface area contributed by atoms with Crippen molar-refractivity contribution in [2.75, 3.05) is 5.32 Å². The molecular formula is C9H9ClN6O. The molecule has 0 atom stereocenters. The van der Waals surface area contributed by atoms with Crippen LogP contribution in [0.4, 0.5) is 5.95 Å². The van der Waals surface area contributed by atoms with Gasteiger partial charge in [0.1, 0.15) is 5.15 Å². The first kappa shape index (κ1) is 11.5. The summed E-state index contributed by atoms with van der Waals surface area (Å²) in [5.74, 6) is -0.0103. The van der Waals surface area contributed by atoms with Gasteiger partial charge in [-0.2, -0.15) is 0 Å². The van der Waals surface area contributed by atoms with E-state index in [1.54, 1.807) is 17.1 Å². The van der Waals surface area contributed by atoms with Crippen molar-refractivity contribution < 1.29 is 4.79 Å². The summed E-state index contributed by atoms with van der Waals surface area (Å²) in [6.07, 6.45) is 4.97. The zero-order valence-corrected chi connectivity index (χ0v) is 9.50. The van der Waals surface area contributed by atoms with E-state index < -0.39 is 0 Å². The Labute approximate surface area is 102 Å². The highest BCUT2D eigenvalue weighted by molar-refractivity contribution is 6.29. The van der Waals surface area contributed by atoms with Crippen LogP contribution >= 0.6 is 11.6 Å². The summed E-state index contributed by atoms with van der Waals surface area (Å²) in [6, 6.07) is 1.53. The fourth-order valence-corrected chi connectivity index (χ4v) is 1.29. The van der Waals surface area contributed by atoms with E-state index in [0.29, 0.717) is 6.54 Å². The Morgan fingerprint density at radius 3 is 3.06 bits per heavy atom. The molecule has 0 saturated heterocycles. The molecule has 0 aliphatic carbocycles. The lowest BCUT2D eigenvalue weighted by atomic mass is 10.4. The van der Waals surface area contributed by atoms with Gasteiger partial charge in [-0.1, -0.05) is 16.8 Å². The van der Waals surface area contributed by atoms with E-state index in [4.69, 9.17) is 11.6 Å². The molecule has 1 amide bonds. The van der Waals surface area contributed by atoms with E-state index in [1.807, 2.05) is 0 Å². The molecule has 2 heterocycles. The Morgan fingerprint density at radius 1 is 1.47 bits per heavy atom. The number of halogens is 1. The van der Waals surface area contributed by atoms with E-state index in [0.717, 1.165) is 0 Å². The fraction of sp³-hybridized carbons (Fsp3) is 0.222. The van der Waals surface area contributed by atoms with Crippen LogP contribution in [0, 0.1) is 0 Å². The molecule has 0 fully saturated rings. The molecule has 0 radical (unpaired) electrons. The molecule has 17 heavy (non-hydrogen) atoms. The maximum atomic E-state index is 11.5. The SMILES string of the molecule is O=C(CCn1ccnn1)Nc1nccc(Cl)n1. The first-order valence-electron chi connectivity index (χ1n) is 4.86. The van der Waals surface area contributed by atoms with Gasteiger partial charge in [0.25, 0.3) is 0 Å². The minimum absolute atomic E-state index is 0.195. The zero-order chi connectivity index (χ0) is 12.1. The van der Waals surface area contributed by atoms with Gasteiger partial charge in [0.15, 0.2) is 0 Å². The average molecular weight is 253 g/mol. The number of aryl methyl sites for hydroxylation is 1. The van der Waals surface area contributed by atoms with Gasteiger partial charge < -0.3 is 0 Å². The number of carbonyl (C=O) groups excluding carboxylic acids is 1. The quantitative estimate of drug-likeness (QED) is 0.812. The summed E-state index contributed by atoms with van der Waals surface area (Å²) in [4.78, 5) is 19.2. The van der Waals surface area contributed by atoms with Crippen LogP contribution in [-0.4, -0.2) is 30.9 Å². The summed E-state index contributed by atoms with van der Waals surface area (Å²) >= 11 is 5.66. The molecule has 0 unspecified atom stereocenters. The van der Waals surface area contributed by atoms with Crippen molar-refractivity contribution >= 4 is 23.5 Å². The smallest absolute Gasteiger partial charge is 0.230 e. The molecule has 2 aromatic rings. The van der Waals surface area contributed by atoms with Crippen molar-refractivity contribution in [2.24, 2.45) is 0 Å². The third kappa shape index (κ3) is 3.49.